The molecule has 142 valence electrons. The SMILES string of the molecule is CC(=O)c1cccc(NC(=O)C(C)OC(=O)c2ccc3ccccc3c2O)c1. The first-order valence-corrected chi connectivity index (χ1v) is 8.70. The van der Waals surface area contributed by atoms with Crippen molar-refractivity contribution in [2.45, 2.75) is 20.0 Å². The zero-order chi connectivity index (χ0) is 20.3. The molecular weight excluding hydrogens is 358 g/mol. The third kappa shape index (κ3) is 4.01. The van der Waals surface area contributed by atoms with E-state index in [2.05, 4.69) is 5.32 Å². The number of fused-ring (bicyclic) bond motifs is 1. The summed E-state index contributed by atoms with van der Waals surface area (Å²) < 4.78 is 5.20. The van der Waals surface area contributed by atoms with E-state index in [1.54, 1.807) is 42.5 Å². The Morgan fingerprint density at radius 1 is 1.00 bits per heavy atom. The van der Waals surface area contributed by atoms with Crippen LogP contribution in [0.3, 0.4) is 0 Å². The molecule has 1 atom stereocenters. The monoisotopic (exact) mass is 377 g/mol. The number of ketones is 1. The molecule has 0 aliphatic carbocycles. The molecular formula is C22H19NO5. The molecule has 0 spiro atoms. The number of phenolic OH excluding ortho intramolecular Hbond substituents is 1. The number of anilines is 1. The van der Waals surface area contributed by atoms with Crippen LogP contribution in [0.25, 0.3) is 10.8 Å². The minimum Gasteiger partial charge on any atom is -0.506 e. The molecule has 0 bridgehead atoms. The lowest BCUT2D eigenvalue weighted by molar-refractivity contribution is -0.123. The first-order chi connectivity index (χ1) is 13.4. The molecule has 1 amide bonds. The summed E-state index contributed by atoms with van der Waals surface area (Å²) in [5.74, 6) is -1.66. The van der Waals surface area contributed by atoms with Gasteiger partial charge in [-0.2, -0.15) is 0 Å². The van der Waals surface area contributed by atoms with Gasteiger partial charge >= 0.3 is 5.97 Å². The number of carbonyl (C=O) groups is 3. The second-order valence-electron chi connectivity index (χ2n) is 6.36. The Hall–Kier alpha value is -3.67. The summed E-state index contributed by atoms with van der Waals surface area (Å²) in [4.78, 5) is 36.2. The minimum atomic E-state index is -1.10. The highest BCUT2D eigenvalue weighted by molar-refractivity contribution is 6.03. The van der Waals surface area contributed by atoms with Crippen molar-refractivity contribution in [2.75, 3.05) is 5.32 Å². The number of carbonyl (C=O) groups excluding carboxylic acids is 3. The van der Waals surface area contributed by atoms with Crippen molar-refractivity contribution in [3.8, 4) is 5.75 Å². The minimum absolute atomic E-state index is 0.0167. The van der Waals surface area contributed by atoms with E-state index >= 15 is 0 Å². The van der Waals surface area contributed by atoms with Gasteiger partial charge in [-0.3, -0.25) is 9.59 Å². The lowest BCUT2D eigenvalue weighted by Crippen LogP contribution is -2.30. The van der Waals surface area contributed by atoms with Gasteiger partial charge < -0.3 is 15.2 Å². The molecule has 28 heavy (non-hydrogen) atoms. The standard InChI is InChI=1S/C22H19NO5/c1-13(24)16-7-5-8-17(12-16)23-21(26)14(2)28-22(27)19-11-10-15-6-3-4-9-18(15)20(19)25/h3-12,14,25H,1-2H3,(H,23,26). The van der Waals surface area contributed by atoms with Crippen LogP contribution in [0.15, 0.2) is 60.7 Å². The number of benzene rings is 3. The van der Waals surface area contributed by atoms with E-state index < -0.39 is 18.0 Å². The molecule has 2 N–H and O–H groups in total. The third-order valence-electron chi connectivity index (χ3n) is 4.31. The molecule has 3 aromatic rings. The molecule has 1 unspecified atom stereocenters. The van der Waals surface area contributed by atoms with Gasteiger partial charge in [0, 0.05) is 16.6 Å². The van der Waals surface area contributed by atoms with E-state index in [0.717, 1.165) is 5.39 Å². The van der Waals surface area contributed by atoms with Crippen LogP contribution in [0.2, 0.25) is 0 Å². The number of nitrogens with one attached hydrogen (secondary N) is 1. The van der Waals surface area contributed by atoms with Crippen molar-refractivity contribution in [1.29, 1.82) is 0 Å². The smallest absolute Gasteiger partial charge is 0.342 e. The van der Waals surface area contributed by atoms with E-state index in [0.29, 0.717) is 16.6 Å². The van der Waals surface area contributed by atoms with Crippen LogP contribution < -0.4 is 5.32 Å². The van der Waals surface area contributed by atoms with Crippen molar-refractivity contribution in [3.05, 3.63) is 71.8 Å². The van der Waals surface area contributed by atoms with Gasteiger partial charge in [0.2, 0.25) is 0 Å². The summed E-state index contributed by atoms with van der Waals surface area (Å²) >= 11 is 0. The number of esters is 1. The summed E-state index contributed by atoms with van der Waals surface area (Å²) in [6, 6.07) is 16.7. The van der Waals surface area contributed by atoms with Crippen LogP contribution in [0.5, 0.6) is 5.75 Å². The Bertz CT molecular complexity index is 1070. The number of aromatic hydroxyl groups is 1. The van der Waals surface area contributed by atoms with Crippen molar-refractivity contribution in [1.82, 2.24) is 0 Å². The Morgan fingerprint density at radius 2 is 1.75 bits per heavy atom. The van der Waals surface area contributed by atoms with Gasteiger partial charge in [0.1, 0.15) is 11.3 Å². The second-order valence-corrected chi connectivity index (χ2v) is 6.36. The molecule has 0 saturated carbocycles. The Kier molecular flexibility index (Phi) is 5.40. The highest BCUT2D eigenvalue weighted by Crippen LogP contribution is 2.29. The van der Waals surface area contributed by atoms with Crippen LogP contribution in [-0.2, 0) is 9.53 Å². The predicted molar refractivity (Wildman–Crippen MR) is 106 cm³/mol. The fraction of sp³-hybridized carbons (Fsp3) is 0.136. The molecule has 6 heteroatoms. The van der Waals surface area contributed by atoms with Crippen molar-refractivity contribution < 1.29 is 24.2 Å². The summed E-state index contributed by atoms with van der Waals surface area (Å²) in [6.07, 6.45) is -1.10. The highest BCUT2D eigenvalue weighted by atomic mass is 16.5. The number of rotatable bonds is 5. The number of hydrogen-bond acceptors (Lipinski definition) is 5. The van der Waals surface area contributed by atoms with Gasteiger partial charge in [-0.05, 0) is 37.4 Å². The maximum Gasteiger partial charge on any atom is 0.342 e. The zero-order valence-corrected chi connectivity index (χ0v) is 15.4. The maximum atomic E-state index is 12.4. The predicted octanol–water partition coefficient (Wildman–Crippen LogP) is 3.93. The molecule has 6 nitrogen and oxygen atoms in total. The number of hydrogen-bond donors (Lipinski definition) is 2. The van der Waals surface area contributed by atoms with Gasteiger partial charge in [0.15, 0.2) is 11.9 Å². The molecule has 0 aliphatic heterocycles. The second kappa shape index (κ2) is 7.92. The molecule has 0 saturated heterocycles. The maximum absolute atomic E-state index is 12.4. The summed E-state index contributed by atoms with van der Waals surface area (Å²) in [6.45, 7) is 2.86. The molecule has 0 aliphatic rings. The van der Waals surface area contributed by atoms with Gasteiger partial charge in [-0.15, -0.1) is 0 Å². The van der Waals surface area contributed by atoms with E-state index in [1.807, 2.05) is 12.1 Å². The van der Waals surface area contributed by atoms with Crippen LogP contribution in [-0.4, -0.2) is 28.9 Å². The van der Waals surface area contributed by atoms with Crippen LogP contribution in [0, 0.1) is 0 Å². The molecule has 0 aromatic heterocycles. The third-order valence-corrected chi connectivity index (χ3v) is 4.31. The summed E-state index contributed by atoms with van der Waals surface area (Å²) in [5.41, 5.74) is 0.870. The quantitative estimate of drug-likeness (QED) is 0.519. The van der Waals surface area contributed by atoms with Gasteiger partial charge in [0.05, 0.1) is 0 Å². The first kappa shape index (κ1) is 19.1. The lowest BCUT2D eigenvalue weighted by atomic mass is 10.1. The van der Waals surface area contributed by atoms with Gasteiger partial charge in [0.25, 0.3) is 5.91 Å². The molecule has 0 heterocycles. The molecule has 0 fully saturated rings. The van der Waals surface area contributed by atoms with Crippen LogP contribution in [0.1, 0.15) is 34.6 Å². The Balaban J connectivity index is 1.72. The van der Waals surface area contributed by atoms with E-state index in [4.69, 9.17) is 4.74 Å². The number of Topliss-reactive ketones (excluding diaryl/α,β-unsaturated/α-hetero) is 1. The average molecular weight is 377 g/mol. The number of ether oxygens (including phenoxy) is 1. The molecule has 3 rings (SSSR count). The molecule has 0 radical (unpaired) electrons. The molecule has 3 aromatic carbocycles. The Morgan fingerprint density at radius 3 is 2.50 bits per heavy atom. The van der Waals surface area contributed by atoms with E-state index in [-0.39, 0.29) is 17.1 Å². The van der Waals surface area contributed by atoms with Crippen LogP contribution in [0.4, 0.5) is 5.69 Å². The fourth-order valence-corrected chi connectivity index (χ4v) is 2.76. The van der Waals surface area contributed by atoms with Crippen molar-refractivity contribution >= 4 is 34.1 Å². The summed E-state index contributed by atoms with van der Waals surface area (Å²) in [7, 11) is 0. The largest absolute Gasteiger partial charge is 0.506 e. The normalized spacial score (nSPS) is 11.6. The average Bonchev–Trinajstić information content (AvgIpc) is 2.68. The number of phenols is 1. The van der Waals surface area contributed by atoms with Gasteiger partial charge in [-0.25, -0.2) is 4.79 Å². The van der Waals surface area contributed by atoms with E-state index in [1.165, 1.54) is 19.9 Å². The Labute approximate surface area is 161 Å². The topological polar surface area (TPSA) is 92.7 Å². The van der Waals surface area contributed by atoms with Crippen LogP contribution >= 0.6 is 0 Å². The number of amides is 1. The van der Waals surface area contributed by atoms with Gasteiger partial charge in [-0.1, -0.05) is 42.5 Å². The lowest BCUT2D eigenvalue weighted by Gasteiger charge is -2.15. The summed E-state index contributed by atoms with van der Waals surface area (Å²) in [5, 5.41) is 14.3. The van der Waals surface area contributed by atoms with Crippen molar-refractivity contribution in [2.24, 2.45) is 0 Å². The first-order valence-electron chi connectivity index (χ1n) is 8.70. The highest BCUT2D eigenvalue weighted by Gasteiger charge is 2.22. The van der Waals surface area contributed by atoms with Crippen molar-refractivity contribution in [3.63, 3.8) is 0 Å². The zero-order valence-electron chi connectivity index (χ0n) is 15.4. The fourth-order valence-electron chi connectivity index (χ4n) is 2.76. The van der Waals surface area contributed by atoms with E-state index in [9.17, 15) is 19.5 Å².